The van der Waals surface area contributed by atoms with Crippen molar-refractivity contribution in [1.82, 2.24) is 0 Å². The molecule has 0 aliphatic rings. The van der Waals surface area contributed by atoms with Crippen molar-refractivity contribution >= 4 is 11.6 Å². The molecule has 0 saturated carbocycles. The van der Waals surface area contributed by atoms with Crippen molar-refractivity contribution in [2.75, 3.05) is 5.32 Å². The molecule has 2 aromatic rings. The van der Waals surface area contributed by atoms with E-state index in [1.54, 1.807) is 12.1 Å². The molecule has 1 heterocycles. The zero-order valence-corrected chi connectivity index (χ0v) is 9.99. The predicted molar refractivity (Wildman–Crippen MR) is 67.2 cm³/mol. The molecule has 0 bridgehead atoms. The second kappa shape index (κ2) is 4.87. The van der Waals surface area contributed by atoms with E-state index in [0.717, 1.165) is 17.7 Å². The minimum Gasteiger partial charge on any atom is -0.459 e. The minimum atomic E-state index is -0.216. The Hall–Kier alpha value is -2.03. The van der Waals surface area contributed by atoms with Gasteiger partial charge in [-0.1, -0.05) is 19.1 Å². The van der Waals surface area contributed by atoms with Gasteiger partial charge in [0.05, 0.1) is 6.26 Å². The fraction of sp³-hybridized carbons (Fsp3) is 0.214. The van der Waals surface area contributed by atoms with E-state index in [4.69, 9.17) is 4.42 Å². The van der Waals surface area contributed by atoms with Crippen LogP contribution < -0.4 is 5.32 Å². The molecular weight excluding hydrogens is 214 g/mol. The van der Waals surface area contributed by atoms with Crippen LogP contribution in [-0.4, -0.2) is 5.91 Å². The van der Waals surface area contributed by atoms with Gasteiger partial charge in [0.15, 0.2) is 5.76 Å². The van der Waals surface area contributed by atoms with Gasteiger partial charge < -0.3 is 9.73 Å². The Morgan fingerprint density at radius 3 is 2.82 bits per heavy atom. The van der Waals surface area contributed by atoms with Crippen LogP contribution in [0.15, 0.2) is 41.0 Å². The number of anilines is 1. The van der Waals surface area contributed by atoms with Crippen LogP contribution in [0.1, 0.15) is 28.6 Å². The van der Waals surface area contributed by atoms with Crippen molar-refractivity contribution in [3.05, 3.63) is 53.5 Å². The summed E-state index contributed by atoms with van der Waals surface area (Å²) in [6.45, 7) is 4.06. The number of benzene rings is 1. The van der Waals surface area contributed by atoms with Crippen LogP contribution in [0.5, 0.6) is 0 Å². The highest BCUT2D eigenvalue weighted by Crippen LogP contribution is 2.18. The smallest absolute Gasteiger partial charge is 0.291 e. The molecule has 0 fully saturated rings. The number of nitrogens with one attached hydrogen (secondary N) is 1. The Kier molecular flexibility index (Phi) is 3.28. The van der Waals surface area contributed by atoms with E-state index in [-0.39, 0.29) is 5.91 Å². The molecule has 2 rings (SSSR count). The van der Waals surface area contributed by atoms with E-state index in [0.29, 0.717) is 5.76 Å². The standard InChI is InChI=1S/C14H15NO2/c1-3-11-7-6-10(2)12(9-11)15-14(16)13-5-4-8-17-13/h4-9H,3H2,1-2H3,(H,15,16). The number of carbonyl (C=O) groups is 1. The van der Waals surface area contributed by atoms with Crippen molar-refractivity contribution < 1.29 is 9.21 Å². The molecular formula is C14H15NO2. The lowest BCUT2D eigenvalue weighted by atomic mass is 10.1. The lowest BCUT2D eigenvalue weighted by Gasteiger charge is -2.08. The summed E-state index contributed by atoms with van der Waals surface area (Å²) in [5.41, 5.74) is 3.08. The molecule has 0 spiro atoms. The monoisotopic (exact) mass is 229 g/mol. The summed E-state index contributed by atoms with van der Waals surface area (Å²) >= 11 is 0. The first-order valence-electron chi connectivity index (χ1n) is 5.65. The van der Waals surface area contributed by atoms with Gasteiger partial charge in [0.2, 0.25) is 0 Å². The normalized spacial score (nSPS) is 10.2. The van der Waals surface area contributed by atoms with E-state index >= 15 is 0 Å². The van der Waals surface area contributed by atoms with E-state index < -0.39 is 0 Å². The maximum atomic E-state index is 11.8. The van der Waals surface area contributed by atoms with Gasteiger partial charge in [-0.25, -0.2) is 0 Å². The largest absolute Gasteiger partial charge is 0.459 e. The third-order valence-corrected chi connectivity index (χ3v) is 2.70. The summed E-state index contributed by atoms with van der Waals surface area (Å²) < 4.78 is 5.05. The zero-order chi connectivity index (χ0) is 12.3. The van der Waals surface area contributed by atoms with Crippen LogP contribution >= 0.6 is 0 Å². The summed E-state index contributed by atoms with van der Waals surface area (Å²) in [6.07, 6.45) is 2.44. The summed E-state index contributed by atoms with van der Waals surface area (Å²) in [4.78, 5) is 11.8. The number of rotatable bonds is 3. The molecule has 1 N–H and O–H groups in total. The van der Waals surface area contributed by atoms with Gasteiger partial charge in [-0.3, -0.25) is 4.79 Å². The van der Waals surface area contributed by atoms with E-state index in [9.17, 15) is 4.79 Å². The second-order valence-corrected chi connectivity index (χ2v) is 3.93. The van der Waals surface area contributed by atoms with Gasteiger partial charge in [-0.15, -0.1) is 0 Å². The fourth-order valence-electron chi connectivity index (χ4n) is 1.62. The first kappa shape index (κ1) is 11.5. The molecule has 3 nitrogen and oxygen atoms in total. The summed E-state index contributed by atoms with van der Waals surface area (Å²) in [6, 6.07) is 9.42. The Balaban J connectivity index is 2.21. The average Bonchev–Trinajstić information content (AvgIpc) is 2.85. The maximum absolute atomic E-state index is 11.8. The van der Waals surface area contributed by atoms with Crippen LogP contribution in [0, 0.1) is 6.92 Å². The number of amides is 1. The molecule has 17 heavy (non-hydrogen) atoms. The predicted octanol–water partition coefficient (Wildman–Crippen LogP) is 3.40. The van der Waals surface area contributed by atoms with Gasteiger partial charge in [0, 0.05) is 5.69 Å². The molecule has 0 saturated heterocycles. The highest BCUT2D eigenvalue weighted by molar-refractivity contribution is 6.02. The molecule has 0 unspecified atom stereocenters. The van der Waals surface area contributed by atoms with Gasteiger partial charge in [0.25, 0.3) is 5.91 Å². The molecule has 0 aliphatic heterocycles. The van der Waals surface area contributed by atoms with Gasteiger partial charge in [0.1, 0.15) is 0 Å². The number of hydrogen-bond donors (Lipinski definition) is 1. The number of hydrogen-bond acceptors (Lipinski definition) is 2. The van der Waals surface area contributed by atoms with E-state index in [1.165, 1.54) is 11.8 Å². The Morgan fingerprint density at radius 2 is 2.18 bits per heavy atom. The van der Waals surface area contributed by atoms with Crippen molar-refractivity contribution in [1.29, 1.82) is 0 Å². The van der Waals surface area contributed by atoms with E-state index in [2.05, 4.69) is 18.3 Å². The van der Waals surface area contributed by atoms with Crippen molar-refractivity contribution in [2.24, 2.45) is 0 Å². The number of carbonyl (C=O) groups excluding carboxylic acids is 1. The summed E-state index contributed by atoms with van der Waals surface area (Å²) in [5.74, 6) is 0.109. The molecule has 0 radical (unpaired) electrons. The minimum absolute atomic E-state index is 0.216. The molecule has 1 amide bonds. The molecule has 0 aliphatic carbocycles. The Bertz CT molecular complexity index is 515. The topological polar surface area (TPSA) is 42.2 Å². The highest BCUT2D eigenvalue weighted by Gasteiger charge is 2.10. The molecule has 88 valence electrons. The van der Waals surface area contributed by atoms with Crippen LogP contribution in [0.25, 0.3) is 0 Å². The van der Waals surface area contributed by atoms with Crippen molar-refractivity contribution in [3.8, 4) is 0 Å². The highest BCUT2D eigenvalue weighted by atomic mass is 16.3. The molecule has 1 aromatic carbocycles. The van der Waals surface area contributed by atoms with Crippen LogP contribution in [0.2, 0.25) is 0 Å². The summed E-state index contributed by atoms with van der Waals surface area (Å²) in [5, 5.41) is 2.85. The van der Waals surface area contributed by atoms with Crippen LogP contribution in [0.3, 0.4) is 0 Å². The molecule has 3 heteroatoms. The van der Waals surface area contributed by atoms with Gasteiger partial charge in [-0.05, 0) is 42.7 Å². The SMILES string of the molecule is CCc1ccc(C)c(NC(=O)c2ccco2)c1. The summed E-state index contributed by atoms with van der Waals surface area (Å²) in [7, 11) is 0. The lowest BCUT2D eigenvalue weighted by molar-refractivity contribution is 0.0996. The van der Waals surface area contributed by atoms with Gasteiger partial charge >= 0.3 is 0 Å². The molecule has 1 aromatic heterocycles. The number of furan rings is 1. The zero-order valence-electron chi connectivity index (χ0n) is 9.99. The fourth-order valence-corrected chi connectivity index (χ4v) is 1.62. The lowest BCUT2D eigenvalue weighted by Crippen LogP contribution is -2.12. The van der Waals surface area contributed by atoms with Crippen LogP contribution in [-0.2, 0) is 6.42 Å². The number of aryl methyl sites for hydroxylation is 2. The van der Waals surface area contributed by atoms with Crippen molar-refractivity contribution in [3.63, 3.8) is 0 Å². The maximum Gasteiger partial charge on any atom is 0.291 e. The first-order valence-corrected chi connectivity index (χ1v) is 5.65. The van der Waals surface area contributed by atoms with Crippen molar-refractivity contribution in [2.45, 2.75) is 20.3 Å². The van der Waals surface area contributed by atoms with Crippen LogP contribution in [0.4, 0.5) is 5.69 Å². The Labute approximate surface area is 100 Å². The third-order valence-electron chi connectivity index (χ3n) is 2.70. The van der Waals surface area contributed by atoms with E-state index in [1.807, 2.05) is 19.1 Å². The first-order chi connectivity index (χ1) is 8.20. The quantitative estimate of drug-likeness (QED) is 0.876. The third kappa shape index (κ3) is 2.56. The molecule has 0 atom stereocenters. The van der Waals surface area contributed by atoms with Gasteiger partial charge in [-0.2, -0.15) is 0 Å². The average molecular weight is 229 g/mol. The Morgan fingerprint density at radius 1 is 1.35 bits per heavy atom. The second-order valence-electron chi connectivity index (χ2n) is 3.93.